The maximum atomic E-state index is 11.8. The maximum absolute atomic E-state index is 11.8. The quantitative estimate of drug-likeness (QED) is 0.839. The van der Waals surface area contributed by atoms with E-state index >= 15 is 0 Å². The molecule has 2 N–H and O–H groups in total. The molecule has 0 aromatic carbocycles. The average Bonchev–Trinajstić information content (AvgIpc) is 2.44. The minimum absolute atomic E-state index is 0.0553. The molecule has 0 unspecified atom stereocenters. The highest BCUT2D eigenvalue weighted by atomic mass is 16.5. The van der Waals surface area contributed by atoms with Crippen LogP contribution in [0.1, 0.15) is 31.3 Å². The SMILES string of the molecule is CC(C)n1c(CO)cc(=O)c(O)c1CN1CCOCC1. The van der Waals surface area contributed by atoms with Gasteiger partial charge in [0.15, 0.2) is 5.75 Å². The van der Waals surface area contributed by atoms with Gasteiger partial charge in [-0.05, 0) is 13.8 Å². The molecule has 1 fully saturated rings. The highest BCUT2D eigenvalue weighted by molar-refractivity contribution is 5.30. The van der Waals surface area contributed by atoms with Gasteiger partial charge in [-0.15, -0.1) is 0 Å². The number of ether oxygens (including phenoxy) is 1. The van der Waals surface area contributed by atoms with Gasteiger partial charge in [-0.1, -0.05) is 0 Å². The Morgan fingerprint density at radius 2 is 2.00 bits per heavy atom. The summed E-state index contributed by atoms with van der Waals surface area (Å²) in [5.41, 5.74) is 0.665. The van der Waals surface area contributed by atoms with E-state index < -0.39 is 5.43 Å². The van der Waals surface area contributed by atoms with Crippen LogP contribution in [0.2, 0.25) is 0 Å². The Kier molecular flexibility index (Phi) is 4.80. The molecule has 112 valence electrons. The Balaban J connectivity index is 2.42. The molecule has 0 radical (unpaired) electrons. The van der Waals surface area contributed by atoms with E-state index in [0.717, 1.165) is 13.1 Å². The number of hydrogen-bond donors (Lipinski definition) is 2. The van der Waals surface area contributed by atoms with Crippen LogP contribution in [0.25, 0.3) is 0 Å². The fourth-order valence-corrected chi connectivity index (χ4v) is 2.61. The van der Waals surface area contributed by atoms with Gasteiger partial charge >= 0.3 is 0 Å². The third-order valence-electron chi connectivity index (χ3n) is 3.56. The molecule has 1 saturated heterocycles. The third-order valence-corrected chi connectivity index (χ3v) is 3.56. The van der Waals surface area contributed by atoms with Crippen molar-refractivity contribution in [2.24, 2.45) is 0 Å². The number of aromatic hydroxyl groups is 1. The summed E-state index contributed by atoms with van der Waals surface area (Å²) < 4.78 is 7.14. The standard InChI is InChI=1S/C14H22N2O4/c1-10(2)16-11(9-17)7-13(18)14(19)12(16)8-15-3-5-20-6-4-15/h7,10,17,19H,3-6,8-9H2,1-2H3. The number of nitrogens with zero attached hydrogens (tertiary/aromatic N) is 2. The monoisotopic (exact) mass is 282 g/mol. The molecule has 0 saturated carbocycles. The number of hydrogen-bond acceptors (Lipinski definition) is 5. The second-order valence-electron chi connectivity index (χ2n) is 5.31. The van der Waals surface area contributed by atoms with Gasteiger partial charge in [0.1, 0.15) is 0 Å². The van der Waals surface area contributed by atoms with Crippen molar-refractivity contribution >= 4 is 0 Å². The molecule has 2 rings (SSSR count). The van der Waals surface area contributed by atoms with Crippen LogP contribution in [0.4, 0.5) is 0 Å². The zero-order chi connectivity index (χ0) is 14.7. The molecule has 1 aliphatic heterocycles. The van der Waals surface area contributed by atoms with Crippen LogP contribution >= 0.6 is 0 Å². The lowest BCUT2D eigenvalue weighted by Gasteiger charge is -2.30. The minimum atomic E-state index is -0.436. The summed E-state index contributed by atoms with van der Waals surface area (Å²) in [7, 11) is 0. The molecular formula is C14H22N2O4. The van der Waals surface area contributed by atoms with Crippen molar-refractivity contribution in [1.82, 2.24) is 9.47 Å². The molecule has 6 nitrogen and oxygen atoms in total. The fraction of sp³-hybridized carbons (Fsp3) is 0.643. The van der Waals surface area contributed by atoms with Crippen LogP contribution in [0.5, 0.6) is 5.75 Å². The van der Waals surface area contributed by atoms with Gasteiger partial charge in [0.25, 0.3) is 0 Å². The summed E-state index contributed by atoms with van der Waals surface area (Å²) in [5, 5.41) is 19.5. The Hall–Kier alpha value is -1.37. The number of aliphatic hydroxyl groups excluding tert-OH is 1. The molecule has 6 heteroatoms. The Morgan fingerprint density at radius 3 is 2.55 bits per heavy atom. The Morgan fingerprint density at radius 1 is 1.35 bits per heavy atom. The van der Waals surface area contributed by atoms with E-state index in [2.05, 4.69) is 4.90 Å². The second kappa shape index (κ2) is 6.39. The highest BCUT2D eigenvalue weighted by Gasteiger charge is 2.20. The lowest BCUT2D eigenvalue weighted by molar-refractivity contribution is 0.0324. The number of morpholine rings is 1. The first-order valence-corrected chi connectivity index (χ1v) is 6.91. The third kappa shape index (κ3) is 3.03. The normalized spacial score (nSPS) is 16.8. The molecule has 2 heterocycles. The summed E-state index contributed by atoms with van der Waals surface area (Å²) in [6.07, 6.45) is 0. The van der Waals surface area contributed by atoms with Gasteiger partial charge in [0.05, 0.1) is 25.5 Å². The van der Waals surface area contributed by atoms with E-state index in [1.807, 2.05) is 18.4 Å². The van der Waals surface area contributed by atoms with Gasteiger partial charge in [-0.25, -0.2) is 0 Å². The lowest BCUT2D eigenvalue weighted by atomic mass is 10.2. The van der Waals surface area contributed by atoms with E-state index in [0.29, 0.717) is 31.1 Å². The summed E-state index contributed by atoms with van der Waals surface area (Å²) in [4.78, 5) is 14.0. The molecule has 0 spiro atoms. The van der Waals surface area contributed by atoms with Crippen LogP contribution in [0.3, 0.4) is 0 Å². The second-order valence-corrected chi connectivity index (χ2v) is 5.31. The van der Waals surface area contributed by atoms with Gasteiger partial charge in [-0.3, -0.25) is 9.69 Å². The van der Waals surface area contributed by atoms with Crippen LogP contribution in [0, 0.1) is 0 Å². The molecule has 1 aromatic rings. The summed E-state index contributed by atoms with van der Waals surface area (Å²) >= 11 is 0. The number of pyridine rings is 1. The molecule has 0 aliphatic carbocycles. The van der Waals surface area contributed by atoms with E-state index in [-0.39, 0.29) is 18.4 Å². The smallest absolute Gasteiger partial charge is 0.223 e. The number of aliphatic hydroxyl groups is 1. The van der Waals surface area contributed by atoms with E-state index in [1.54, 1.807) is 0 Å². The first kappa shape index (κ1) is 15.0. The van der Waals surface area contributed by atoms with Crippen LogP contribution in [-0.4, -0.2) is 46.0 Å². The van der Waals surface area contributed by atoms with Gasteiger partial charge in [0, 0.05) is 37.4 Å². The summed E-state index contributed by atoms with van der Waals surface area (Å²) in [6.45, 7) is 7.06. The van der Waals surface area contributed by atoms with Crippen molar-refractivity contribution in [3.05, 3.63) is 27.7 Å². The predicted octanol–water partition coefficient (Wildman–Crippen LogP) is 0.459. The van der Waals surface area contributed by atoms with Crippen molar-refractivity contribution < 1.29 is 14.9 Å². The van der Waals surface area contributed by atoms with Crippen LogP contribution in [-0.2, 0) is 17.9 Å². The largest absolute Gasteiger partial charge is 0.503 e. The van der Waals surface area contributed by atoms with Gasteiger partial charge < -0.3 is 19.5 Å². The lowest BCUT2D eigenvalue weighted by Crippen LogP contribution is -2.37. The molecule has 0 atom stereocenters. The molecule has 0 bridgehead atoms. The van der Waals surface area contributed by atoms with Gasteiger partial charge in [0.2, 0.25) is 5.43 Å². The van der Waals surface area contributed by atoms with E-state index in [9.17, 15) is 15.0 Å². The molecule has 1 aliphatic rings. The Labute approximate surface area is 118 Å². The number of aromatic nitrogens is 1. The zero-order valence-electron chi connectivity index (χ0n) is 12.0. The van der Waals surface area contributed by atoms with Crippen molar-refractivity contribution in [3.63, 3.8) is 0 Å². The topological polar surface area (TPSA) is 74.9 Å². The molecule has 0 amide bonds. The Bertz CT molecular complexity index is 519. The minimum Gasteiger partial charge on any atom is -0.503 e. The highest BCUT2D eigenvalue weighted by Crippen LogP contribution is 2.22. The zero-order valence-corrected chi connectivity index (χ0v) is 12.0. The van der Waals surface area contributed by atoms with Crippen molar-refractivity contribution in [1.29, 1.82) is 0 Å². The number of rotatable bonds is 4. The van der Waals surface area contributed by atoms with Crippen molar-refractivity contribution in [2.75, 3.05) is 26.3 Å². The van der Waals surface area contributed by atoms with Crippen molar-refractivity contribution in [3.8, 4) is 5.75 Å². The first-order chi connectivity index (χ1) is 9.54. The average molecular weight is 282 g/mol. The fourth-order valence-electron chi connectivity index (χ4n) is 2.61. The summed E-state index contributed by atoms with van der Waals surface area (Å²) in [6, 6.07) is 1.36. The van der Waals surface area contributed by atoms with E-state index in [1.165, 1.54) is 6.07 Å². The molecule has 1 aromatic heterocycles. The molecule has 20 heavy (non-hydrogen) atoms. The molecular weight excluding hydrogens is 260 g/mol. The van der Waals surface area contributed by atoms with Crippen LogP contribution < -0.4 is 5.43 Å². The van der Waals surface area contributed by atoms with Crippen molar-refractivity contribution in [2.45, 2.75) is 33.0 Å². The van der Waals surface area contributed by atoms with Gasteiger partial charge in [-0.2, -0.15) is 0 Å². The predicted molar refractivity (Wildman–Crippen MR) is 74.8 cm³/mol. The maximum Gasteiger partial charge on any atom is 0.223 e. The van der Waals surface area contributed by atoms with Crippen LogP contribution in [0.15, 0.2) is 10.9 Å². The first-order valence-electron chi connectivity index (χ1n) is 6.91. The summed E-state index contributed by atoms with van der Waals surface area (Å²) in [5.74, 6) is -0.220. The van der Waals surface area contributed by atoms with E-state index in [4.69, 9.17) is 4.74 Å².